The van der Waals surface area contributed by atoms with Crippen molar-refractivity contribution in [3.63, 3.8) is 0 Å². The van der Waals surface area contributed by atoms with Gasteiger partial charge < -0.3 is 14.6 Å². The number of halogens is 2. The van der Waals surface area contributed by atoms with Crippen LogP contribution in [0.5, 0.6) is 0 Å². The van der Waals surface area contributed by atoms with Crippen molar-refractivity contribution < 1.29 is 13.9 Å². The van der Waals surface area contributed by atoms with E-state index in [1.54, 1.807) is 12.4 Å². The van der Waals surface area contributed by atoms with Crippen molar-refractivity contribution in [1.29, 1.82) is 0 Å². The van der Waals surface area contributed by atoms with E-state index < -0.39 is 0 Å². The summed E-state index contributed by atoms with van der Waals surface area (Å²) >= 11 is 6.13. The van der Waals surface area contributed by atoms with Crippen LogP contribution in [0.2, 0.25) is 5.02 Å². The Balaban J connectivity index is 1.19. The van der Waals surface area contributed by atoms with Crippen molar-refractivity contribution in [2.24, 2.45) is 23.7 Å². The summed E-state index contributed by atoms with van der Waals surface area (Å²) in [6, 6.07) is 1.81. The Labute approximate surface area is 202 Å². The van der Waals surface area contributed by atoms with E-state index in [9.17, 15) is 9.18 Å². The second-order valence-corrected chi connectivity index (χ2v) is 10.3. The number of nitrogens with one attached hydrogen (secondary N) is 1. The molecule has 34 heavy (non-hydrogen) atoms. The lowest BCUT2D eigenvalue weighted by atomic mass is 9.76. The topological polar surface area (TPSA) is 84.0 Å². The lowest BCUT2D eigenvalue weighted by molar-refractivity contribution is -0.136. The van der Waals surface area contributed by atoms with Gasteiger partial charge in [-0.3, -0.25) is 4.79 Å². The summed E-state index contributed by atoms with van der Waals surface area (Å²) in [5.41, 5.74) is 1.90. The van der Waals surface area contributed by atoms with E-state index in [1.807, 2.05) is 11.0 Å². The van der Waals surface area contributed by atoms with E-state index in [4.69, 9.17) is 16.3 Å². The molecule has 0 spiro atoms. The van der Waals surface area contributed by atoms with Crippen LogP contribution in [0.3, 0.4) is 0 Å². The molecular weight excluding hydrogens is 457 g/mol. The van der Waals surface area contributed by atoms with Gasteiger partial charge in [0.15, 0.2) is 11.6 Å². The van der Waals surface area contributed by atoms with E-state index in [-0.39, 0.29) is 11.7 Å². The Kier molecular flexibility index (Phi) is 5.73. The molecular formula is C25H27ClFN5O2. The third-order valence-corrected chi connectivity index (χ3v) is 8.11. The van der Waals surface area contributed by atoms with Crippen LogP contribution in [-0.4, -0.2) is 57.0 Å². The molecule has 1 aliphatic heterocycles. The predicted molar refractivity (Wildman–Crippen MR) is 126 cm³/mol. The van der Waals surface area contributed by atoms with Gasteiger partial charge in [0.25, 0.3) is 0 Å². The molecule has 6 rings (SSSR count). The van der Waals surface area contributed by atoms with Crippen LogP contribution in [0, 0.1) is 29.5 Å². The highest BCUT2D eigenvalue weighted by atomic mass is 35.5. The van der Waals surface area contributed by atoms with Gasteiger partial charge in [0.05, 0.1) is 30.1 Å². The van der Waals surface area contributed by atoms with Gasteiger partial charge in [0.2, 0.25) is 5.91 Å². The Morgan fingerprint density at radius 3 is 2.82 bits per heavy atom. The average molecular weight is 484 g/mol. The number of ether oxygens (including phenoxy) is 1. The van der Waals surface area contributed by atoms with Crippen molar-refractivity contribution in [3.05, 3.63) is 41.2 Å². The molecule has 0 radical (unpaired) electrons. The molecule has 4 unspecified atom stereocenters. The summed E-state index contributed by atoms with van der Waals surface area (Å²) in [6.07, 6.45) is 9.13. The summed E-state index contributed by atoms with van der Waals surface area (Å²) in [5.74, 6) is 2.13. The Morgan fingerprint density at radius 2 is 2.00 bits per heavy atom. The summed E-state index contributed by atoms with van der Waals surface area (Å²) in [5, 5.41) is 1.34. The van der Waals surface area contributed by atoms with Crippen LogP contribution in [0.1, 0.15) is 31.4 Å². The van der Waals surface area contributed by atoms with Gasteiger partial charge in [-0.05, 0) is 55.4 Å². The highest BCUT2D eigenvalue weighted by molar-refractivity contribution is 6.31. The van der Waals surface area contributed by atoms with Crippen molar-refractivity contribution in [2.45, 2.75) is 32.1 Å². The Bertz CT molecular complexity index is 1230. The number of nitrogens with zero attached hydrogens (tertiary/aromatic N) is 4. The smallest absolute Gasteiger partial charge is 0.223 e. The molecule has 3 aromatic rings. The number of hydrogen-bond acceptors (Lipinski definition) is 5. The zero-order valence-electron chi connectivity index (χ0n) is 18.8. The first-order valence-corrected chi connectivity index (χ1v) is 12.4. The summed E-state index contributed by atoms with van der Waals surface area (Å²) < 4.78 is 20.2. The molecule has 1 N–H and O–H groups in total. The van der Waals surface area contributed by atoms with E-state index in [0.29, 0.717) is 85.0 Å². The van der Waals surface area contributed by atoms with Crippen LogP contribution >= 0.6 is 11.6 Å². The molecule has 2 saturated carbocycles. The summed E-state index contributed by atoms with van der Waals surface area (Å²) in [7, 11) is 0. The fraction of sp³-hybridized carbons (Fsp3) is 0.520. The number of aromatic amines is 1. The molecule has 178 valence electrons. The summed E-state index contributed by atoms with van der Waals surface area (Å²) in [6.45, 7) is 2.62. The fourth-order valence-electron chi connectivity index (χ4n) is 6.37. The molecule has 2 aliphatic carbocycles. The van der Waals surface area contributed by atoms with Gasteiger partial charge in [-0.1, -0.05) is 11.6 Å². The number of carbonyl (C=O) groups excluding carboxylic acids is 1. The molecule has 1 saturated heterocycles. The third-order valence-electron chi connectivity index (χ3n) is 7.90. The van der Waals surface area contributed by atoms with Crippen molar-refractivity contribution in [1.82, 2.24) is 24.8 Å². The number of rotatable bonds is 5. The maximum atomic E-state index is 14.8. The minimum Gasteiger partial charge on any atom is -0.378 e. The molecule has 4 atom stereocenters. The lowest BCUT2D eigenvalue weighted by Crippen LogP contribution is -2.42. The van der Waals surface area contributed by atoms with Gasteiger partial charge in [-0.15, -0.1) is 0 Å². The predicted octanol–water partition coefficient (Wildman–Crippen LogP) is 4.27. The SMILES string of the molecule is O=C(CC1CC2CC(Cc3nc(-c4c[nH]c5ncc(Cl)cc45)ncc3F)C1C2)N1CCOCC1. The van der Waals surface area contributed by atoms with Crippen molar-refractivity contribution in [3.8, 4) is 11.4 Å². The van der Waals surface area contributed by atoms with Crippen LogP contribution in [0.4, 0.5) is 4.39 Å². The second kappa shape index (κ2) is 8.89. The first-order chi connectivity index (χ1) is 16.5. The number of carbonyl (C=O) groups is 1. The maximum absolute atomic E-state index is 14.8. The van der Waals surface area contributed by atoms with Crippen LogP contribution < -0.4 is 0 Å². The average Bonchev–Trinajstić information content (AvgIpc) is 3.55. The van der Waals surface area contributed by atoms with Gasteiger partial charge in [0, 0.05) is 42.9 Å². The first-order valence-electron chi connectivity index (χ1n) is 12.0. The Hall–Kier alpha value is -2.58. The lowest BCUT2D eigenvalue weighted by Gasteiger charge is -2.32. The molecule has 7 nitrogen and oxygen atoms in total. The second-order valence-electron chi connectivity index (χ2n) is 9.90. The van der Waals surface area contributed by atoms with E-state index >= 15 is 0 Å². The zero-order chi connectivity index (χ0) is 23.2. The number of amides is 1. The van der Waals surface area contributed by atoms with Gasteiger partial charge in [-0.2, -0.15) is 0 Å². The molecule has 4 heterocycles. The number of morpholine rings is 1. The molecule has 2 bridgehead atoms. The number of hydrogen-bond donors (Lipinski definition) is 1. The highest BCUT2D eigenvalue weighted by Crippen LogP contribution is 2.54. The molecule has 9 heteroatoms. The van der Waals surface area contributed by atoms with Crippen LogP contribution in [0.25, 0.3) is 22.4 Å². The fourth-order valence-corrected chi connectivity index (χ4v) is 6.53. The maximum Gasteiger partial charge on any atom is 0.223 e. The molecule has 3 fully saturated rings. The first kappa shape index (κ1) is 21.9. The van der Waals surface area contributed by atoms with Crippen LogP contribution in [-0.2, 0) is 16.0 Å². The van der Waals surface area contributed by atoms with Gasteiger partial charge in [-0.25, -0.2) is 19.3 Å². The van der Waals surface area contributed by atoms with Crippen LogP contribution in [0.15, 0.2) is 24.7 Å². The standard InChI is InChI=1S/C25H27ClFN5O2/c26-17-10-19-20(12-29-24(19)28-11-17)25-30-13-21(27)22(31-25)8-15-5-14-6-16(18(15)7-14)9-23(33)32-1-3-34-4-2-32/h10-16,18H,1-9H2,(H,28,29). The number of pyridine rings is 1. The van der Waals surface area contributed by atoms with Gasteiger partial charge in [0.1, 0.15) is 5.65 Å². The number of aromatic nitrogens is 4. The van der Waals surface area contributed by atoms with Crippen molar-refractivity contribution in [2.75, 3.05) is 26.3 Å². The normalized spacial score (nSPS) is 26.5. The molecule has 0 aromatic carbocycles. The summed E-state index contributed by atoms with van der Waals surface area (Å²) in [4.78, 5) is 31.0. The number of H-pyrrole nitrogens is 1. The largest absolute Gasteiger partial charge is 0.378 e. The van der Waals surface area contributed by atoms with E-state index in [1.165, 1.54) is 6.20 Å². The Morgan fingerprint density at radius 1 is 1.18 bits per heavy atom. The molecule has 3 aromatic heterocycles. The van der Waals surface area contributed by atoms with E-state index in [2.05, 4.69) is 19.9 Å². The monoisotopic (exact) mass is 483 g/mol. The van der Waals surface area contributed by atoms with E-state index in [0.717, 1.165) is 30.2 Å². The molecule has 3 aliphatic rings. The highest BCUT2D eigenvalue weighted by Gasteiger charge is 2.47. The minimum absolute atomic E-state index is 0.238. The number of fused-ring (bicyclic) bond motifs is 3. The molecule has 1 amide bonds. The zero-order valence-corrected chi connectivity index (χ0v) is 19.6. The quantitative estimate of drug-likeness (QED) is 0.586. The third kappa shape index (κ3) is 4.07. The van der Waals surface area contributed by atoms with Gasteiger partial charge >= 0.3 is 0 Å². The van der Waals surface area contributed by atoms with Crippen molar-refractivity contribution >= 4 is 28.5 Å². The minimum atomic E-state index is -0.372.